The van der Waals surface area contributed by atoms with Crippen LogP contribution in [0.2, 0.25) is 0 Å². The van der Waals surface area contributed by atoms with E-state index in [0.717, 1.165) is 44.1 Å². The predicted octanol–water partition coefficient (Wildman–Crippen LogP) is 3.62. The van der Waals surface area contributed by atoms with Crippen LogP contribution in [0.4, 0.5) is 4.39 Å². The lowest BCUT2D eigenvalue weighted by molar-refractivity contribution is -0.124. The molecular formula is C28H33FN4O5. The SMILES string of the molecule is COc1cc(-c2ccnc3c(C(=O)N[C@H]4CC[C@H](NC(=O)CO)CC4)c(C)[nH]c23)c(OCC2CC2)cc1F. The van der Waals surface area contributed by atoms with Crippen molar-refractivity contribution in [3.63, 3.8) is 0 Å². The van der Waals surface area contributed by atoms with Gasteiger partial charge in [0, 0.05) is 41.2 Å². The van der Waals surface area contributed by atoms with Crippen molar-refractivity contribution in [3.05, 3.63) is 41.5 Å². The summed E-state index contributed by atoms with van der Waals surface area (Å²) in [6.07, 6.45) is 6.75. The van der Waals surface area contributed by atoms with Crippen molar-refractivity contribution in [1.82, 2.24) is 20.6 Å². The van der Waals surface area contributed by atoms with Crippen molar-refractivity contribution in [1.29, 1.82) is 0 Å². The minimum Gasteiger partial charge on any atom is -0.494 e. The maximum Gasteiger partial charge on any atom is 0.255 e. The van der Waals surface area contributed by atoms with E-state index in [1.807, 2.05) is 13.0 Å². The van der Waals surface area contributed by atoms with Crippen LogP contribution in [0, 0.1) is 18.7 Å². The molecule has 2 fully saturated rings. The van der Waals surface area contributed by atoms with Gasteiger partial charge in [0.05, 0.1) is 24.8 Å². The topological polar surface area (TPSA) is 126 Å². The van der Waals surface area contributed by atoms with Gasteiger partial charge in [0.2, 0.25) is 5.91 Å². The minimum absolute atomic E-state index is 0.00545. The van der Waals surface area contributed by atoms with E-state index in [-0.39, 0.29) is 29.6 Å². The number of benzene rings is 1. The highest BCUT2D eigenvalue weighted by atomic mass is 19.1. The highest BCUT2D eigenvalue weighted by Crippen LogP contribution is 2.40. The molecule has 2 aromatic heterocycles. The van der Waals surface area contributed by atoms with Crippen molar-refractivity contribution >= 4 is 22.8 Å². The number of amides is 2. The van der Waals surface area contributed by atoms with Crippen molar-refractivity contribution in [2.24, 2.45) is 5.92 Å². The molecule has 0 spiro atoms. The molecule has 2 aliphatic rings. The quantitative estimate of drug-likeness (QED) is 0.339. The number of hydrogen-bond donors (Lipinski definition) is 4. The van der Waals surface area contributed by atoms with Crippen LogP contribution in [-0.4, -0.2) is 59.3 Å². The summed E-state index contributed by atoms with van der Waals surface area (Å²) in [5.74, 6) is -0.0752. The Morgan fingerprint density at radius 1 is 1.08 bits per heavy atom. The van der Waals surface area contributed by atoms with E-state index in [1.165, 1.54) is 13.2 Å². The second-order valence-corrected chi connectivity index (χ2v) is 10.2. The van der Waals surface area contributed by atoms with Crippen LogP contribution < -0.4 is 20.1 Å². The van der Waals surface area contributed by atoms with Crippen LogP contribution in [0.15, 0.2) is 24.4 Å². The molecule has 0 bridgehead atoms. The third kappa shape index (κ3) is 5.45. The Morgan fingerprint density at radius 3 is 2.45 bits per heavy atom. The number of H-pyrrole nitrogens is 1. The van der Waals surface area contributed by atoms with Gasteiger partial charge in [0.25, 0.3) is 5.91 Å². The number of aliphatic hydroxyl groups excluding tert-OH is 1. The average Bonchev–Trinajstić information content (AvgIpc) is 3.68. The first kappa shape index (κ1) is 26.0. The summed E-state index contributed by atoms with van der Waals surface area (Å²) < 4.78 is 25.9. The number of fused-ring (bicyclic) bond motifs is 1. The summed E-state index contributed by atoms with van der Waals surface area (Å²) in [5.41, 5.74) is 3.73. The fraction of sp³-hybridized carbons (Fsp3) is 0.464. The molecule has 202 valence electrons. The number of methoxy groups -OCH3 is 1. The minimum atomic E-state index is -0.523. The van der Waals surface area contributed by atoms with E-state index in [1.54, 1.807) is 12.3 Å². The maximum atomic E-state index is 14.6. The van der Waals surface area contributed by atoms with Gasteiger partial charge in [-0.3, -0.25) is 14.6 Å². The number of halogens is 1. The van der Waals surface area contributed by atoms with Gasteiger partial charge in [-0.2, -0.15) is 0 Å². The van der Waals surface area contributed by atoms with E-state index in [2.05, 4.69) is 20.6 Å². The summed E-state index contributed by atoms with van der Waals surface area (Å²) in [7, 11) is 1.42. The number of rotatable bonds is 9. The first-order valence-corrected chi connectivity index (χ1v) is 13.1. The standard InChI is InChI=1S/C28H33FN4O5/c1-15-25(28(36)33-18-7-5-17(6-8-18)32-24(35)13-34)27-26(31-15)19(9-10-30-27)20-11-23(37-2)21(29)12-22(20)38-14-16-3-4-16/h9-12,16-18,31,34H,3-8,13-14H2,1-2H3,(H,32,35)(H,33,36)/t17-,18-. The van der Waals surface area contributed by atoms with Crippen molar-refractivity contribution < 1.29 is 28.6 Å². The van der Waals surface area contributed by atoms with Gasteiger partial charge < -0.3 is 30.2 Å². The maximum absolute atomic E-state index is 14.6. The molecule has 10 heteroatoms. The van der Waals surface area contributed by atoms with Crippen molar-refractivity contribution in [2.75, 3.05) is 20.3 Å². The first-order chi connectivity index (χ1) is 18.4. The smallest absolute Gasteiger partial charge is 0.255 e. The number of carbonyl (C=O) groups is 2. The zero-order valence-corrected chi connectivity index (χ0v) is 21.6. The molecule has 9 nitrogen and oxygen atoms in total. The molecule has 0 unspecified atom stereocenters. The molecule has 0 aliphatic heterocycles. The van der Waals surface area contributed by atoms with Crippen LogP contribution in [0.5, 0.6) is 11.5 Å². The highest BCUT2D eigenvalue weighted by molar-refractivity contribution is 6.09. The molecule has 1 aromatic carbocycles. The van der Waals surface area contributed by atoms with Crippen LogP contribution in [0.3, 0.4) is 0 Å². The van der Waals surface area contributed by atoms with E-state index in [9.17, 15) is 14.0 Å². The summed E-state index contributed by atoms with van der Waals surface area (Å²) in [6, 6.07) is 4.77. The number of nitrogens with one attached hydrogen (secondary N) is 3. The predicted molar refractivity (Wildman–Crippen MR) is 140 cm³/mol. The lowest BCUT2D eigenvalue weighted by atomic mass is 9.91. The molecule has 2 amide bonds. The fourth-order valence-electron chi connectivity index (χ4n) is 5.13. The molecule has 0 saturated heterocycles. The first-order valence-electron chi connectivity index (χ1n) is 13.1. The van der Waals surface area contributed by atoms with Gasteiger partial charge in [-0.25, -0.2) is 4.39 Å². The van der Waals surface area contributed by atoms with Gasteiger partial charge in [-0.15, -0.1) is 0 Å². The molecule has 2 saturated carbocycles. The molecule has 2 aliphatic carbocycles. The fourth-order valence-corrected chi connectivity index (χ4v) is 5.13. The number of carbonyl (C=O) groups excluding carboxylic acids is 2. The number of aryl methyl sites for hydroxylation is 1. The van der Waals surface area contributed by atoms with Crippen LogP contribution in [0.1, 0.15) is 54.6 Å². The summed E-state index contributed by atoms with van der Waals surface area (Å²) >= 11 is 0. The number of aliphatic hydroxyl groups is 1. The van der Waals surface area contributed by atoms with Gasteiger partial charge in [0.1, 0.15) is 17.9 Å². The van der Waals surface area contributed by atoms with E-state index >= 15 is 0 Å². The zero-order chi connectivity index (χ0) is 26.8. The molecule has 2 heterocycles. The molecule has 4 N–H and O–H groups in total. The Kier molecular flexibility index (Phi) is 7.51. The molecule has 38 heavy (non-hydrogen) atoms. The van der Waals surface area contributed by atoms with Crippen LogP contribution in [-0.2, 0) is 4.79 Å². The average molecular weight is 525 g/mol. The summed E-state index contributed by atoms with van der Waals surface area (Å²) in [4.78, 5) is 32.7. The number of hydrogen-bond acceptors (Lipinski definition) is 6. The number of aromatic nitrogens is 2. The second-order valence-electron chi connectivity index (χ2n) is 10.2. The van der Waals surface area contributed by atoms with E-state index < -0.39 is 12.4 Å². The van der Waals surface area contributed by atoms with Crippen LogP contribution in [0.25, 0.3) is 22.2 Å². The lowest BCUT2D eigenvalue weighted by Gasteiger charge is -2.29. The Balaban J connectivity index is 1.40. The Morgan fingerprint density at radius 2 is 1.79 bits per heavy atom. The Labute approximate surface area is 220 Å². The van der Waals surface area contributed by atoms with Crippen molar-refractivity contribution in [2.45, 2.75) is 57.5 Å². The second kappa shape index (κ2) is 11.0. The monoisotopic (exact) mass is 524 g/mol. The third-order valence-corrected chi connectivity index (χ3v) is 7.39. The molecule has 3 aromatic rings. The van der Waals surface area contributed by atoms with Gasteiger partial charge in [-0.1, -0.05) is 0 Å². The molecule has 5 rings (SSSR count). The van der Waals surface area contributed by atoms with Crippen molar-refractivity contribution in [3.8, 4) is 22.6 Å². The molecule has 0 atom stereocenters. The lowest BCUT2D eigenvalue weighted by Crippen LogP contribution is -2.44. The molecule has 0 radical (unpaired) electrons. The van der Waals surface area contributed by atoms with Gasteiger partial charge in [0.15, 0.2) is 11.6 Å². The largest absolute Gasteiger partial charge is 0.494 e. The van der Waals surface area contributed by atoms with E-state index in [0.29, 0.717) is 46.1 Å². The normalized spacial score (nSPS) is 19.3. The van der Waals surface area contributed by atoms with Gasteiger partial charge >= 0.3 is 0 Å². The highest BCUT2D eigenvalue weighted by Gasteiger charge is 2.27. The number of pyridine rings is 1. The van der Waals surface area contributed by atoms with E-state index in [4.69, 9.17) is 14.6 Å². The van der Waals surface area contributed by atoms with Gasteiger partial charge in [-0.05, 0) is 63.5 Å². The number of ether oxygens (including phenoxy) is 2. The van der Waals surface area contributed by atoms with Crippen LogP contribution >= 0.6 is 0 Å². The zero-order valence-electron chi connectivity index (χ0n) is 21.6. The Bertz CT molecular complexity index is 1340. The molecular weight excluding hydrogens is 491 g/mol. The summed E-state index contributed by atoms with van der Waals surface area (Å²) in [6.45, 7) is 1.83. The third-order valence-electron chi connectivity index (χ3n) is 7.39. The Hall–Kier alpha value is -3.66. The number of aromatic amines is 1. The number of nitrogens with zero attached hydrogens (tertiary/aromatic N) is 1. The summed E-state index contributed by atoms with van der Waals surface area (Å²) in [5, 5.41) is 14.9.